The Bertz CT molecular complexity index is 2980. The minimum Gasteiger partial charge on any atom is -1.00 e. The largest absolute Gasteiger partial charge is 1.00 e. The zero-order chi connectivity index (χ0) is 49.6. The molecular formula is C68H66Cl2Si2Zr2. The molecular weight excluding hydrogens is 1130 g/mol. The summed E-state index contributed by atoms with van der Waals surface area (Å²) in [7, 11) is 0. The molecule has 0 bridgehead atoms. The van der Waals surface area contributed by atoms with E-state index in [1.807, 2.05) is 0 Å². The summed E-state index contributed by atoms with van der Waals surface area (Å²) in [5.74, 6) is -1.70. The van der Waals surface area contributed by atoms with Crippen LogP contribution in [-0.4, -0.2) is 11.8 Å². The van der Waals surface area contributed by atoms with Gasteiger partial charge in [-0.3, -0.25) is 0 Å². The zero-order valence-electron chi connectivity index (χ0n) is 44.0. The number of rotatable bonds is 10. The van der Waals surface area contributed by atoms with Crippen LogP contribution in [0.4, 0.5) is 0 Å². The first kappa shape index (κ1) is 54.3. The van der Waals surface area contributed by atoms with Crippen molar-refractivity contribution in [3.05, 3.63) is 261 Å². The first-order chi connectivity index (χ1) is 35.1. The van der Waals surface area contributed by atoms with Crippen LogP contribution in [0.5, 0.6) is 0 Å². The molecule has 4 atom stereocenters. The monoisotopic (exact) mass is 1190 g/mol. The Kier molecular flexibility index (Phi) is 17.2. The van der Waals surface area contributed by atoms with E-state index in [9.17, 15) is 0 Å². The third-order valence-corrected chi connectivity index (χ3v) is 60.4. The molecule has 0 heterocycles. The topological polar surface area (TPSA) is 0 Å². The van der Waals surface area contributed by atoms with E-state index in [1.165, 1.54) is 66.8 Å². The molecule has 0 fully saturated rings. The molecule has 8 aromatic carbocycles. The molecule has 6 heteroatoms. The molecule has 368 valence electrons. The van der Waals surface area contributed by atoms with Crippen LogP contribution in [0.25, 0.3) is 68.8 Å². The maximum atomic E-state index is 2.65. The summed E-state index contributed by atoms with van der Waals surface area (Å²) in [6.45, 7) is 20.3. The molecule has 4 aliphatic rings. The van der Waals surface area contributed by atoms with Crippen LogP contribution in [0, 0.1) is 0 Å². The molecule has 8 aromatic rings. The van der Waals surface area contributed by atoms with Gasteiger partial charge in [0.25, 0.3) is 0 Å². The second-order valence-corrected chi connectivity index (χ2v) is 61.4. The molecule has 74 heavy (non-hydrogen) atoms. The van der Waals surface area contributed by atoms with Gasteiger partial charge in [0.1, 0.15) is 0 Å². The maximum Gasteiger partial charge on any atom is -1.00 e. The van der Waals surface area contributed by atoms with Gasteiger partial charge < -0.3 is 24.8 Å². The number of fused-ring (bicyclic) bond motifs is 4. The Morgan fingerprint density at radius 2 is 0.473 bits per heavy atom. The van der Waals surface area contributed by atoms with Gasteiger partial charge in [0.2, 0.25) is 0 Å². The number of hydrogen-bond acceptors (Lipinski definition) is 0. The average Bonchev–Trinajstić information content (AvgIpc) is 4.14. The summed E-state index contributed by atoms with van der Waals surface area (Å²) < 4.78 is 2.71. The molecule has 0 amide bonds. The Morgan fingerprint density at radius 1 is 0.270 bits per heavy atom. The molecule has 0 nitrogen and oxygen atoms in total. The number of allylic oxidation sites excluding steroid dienone is 4. The van der Waals surface area contributed by atoms with Gasteiger partial charge in [-0.05, 0) is 0 Å². The minimum absolute atomic E-state index is 0. The second kappa shape index (κ2) is 23.4. The molecule has 0 saturated carbocycles. The summed E-state index contributed by atoms with van der Waals surface area (Å²) in [6, 6.07) is 72.1. The fraction of sp³-hybridized carbons (Fsp3) is 0.176. The summed E-state index contributed by atoms with van der Waals surface area (Å²) in [4.78, 5) is 0. The van der Waals surface area contributed by atoms with E-state index in [-0.39, 0.29) is 24.8 Å². The molecule has 0 N–H and O–H groups in total. The van der Waals surface area contributed by atoms with Gasteiger partial charge in [0, 0.05) is 0 Å². The fourth-order valence-corrected chi connectivity index (χ4v) is 59.6. The van der Waals surface area contributed by atoms with Crippen molar-refractivity contribution in [1.82, 2.24) is 0 Å². The molecule has 0 aromatic heterocycles. The number of benzene rings is 8. The third-order valence-electron chi connectivity index (χ3n) is 16.1. The molecule has 4 aliphatic carbocycles. The van der Waals surface area contributed by atoms with Crippen LogP contribution in [0.2, 0.25) is 26.2 Å². The van der Waals surface area contributed by atoms with E-state index in [2.05, 4.69) is 272 Å². The van der Waals surface area contributed by atoms with Crippen molar-refractivity contribution in [3.63, 3.8) is 0 Å². The molecule has 0 spiro atoms. The van der Waals surface area contributed by atoms with Crippen molar-refractivity contribution < 1.29 is 66.6 Å². The van der Waals surface area contributed by atoms with Crippen LogP contribution in [0.1, 0.15) is 86.7 Å². The van der Waals surface area contributed by atoms with Gasteiger partial charge in [-0.2, -0.15) is 0 Å². The molecule has 0 radical (unpaired) electrons. The Morgan fingerprint density at radius 3 is 0.662 bits per heavy atom. The number of halogens is 2. The van der Waals surface area contributed by atoms with Crippen molar-refractivity contribution in [2.24, 2.45) is 0 Å². The van der Waals surface area contributed by atoms with E-state index in [0.717, 1.165) is 0 Å². The molecule has 12 rings (SSSR count). The summed E-state index contributed by atoms with van der Waals surface area (Å²) >= 11 is -4.01. The van der Waals surface area contributed by atoms with E-state index in [1.54, 1.807) is 44.5 Å². The van der Waals surface area contributed by atoms with Crippen molar-refractivity contribution in [2.75, 3.05) is 0 Å². The van der Waals surface area contributed by atoms with Crippen molar-refractivity contribution >= 4 is 36.2 Å². The van der Waals surface area contributed by atoms with Gasteiger partial charge >= 0.3 is 452 Å². The fourth-order valence-electron chi connectivity index (χ4n) is 13.1. The summed E-state index contributed by atoms with van der Waals surface area (Å²) in [5, 5.41) is 0. The van der Waals surface area contributed by atoms with Crippen LogP contribution in [-0.2, 0) is 41.8 Å². The van der Waals surface area contributed by atoms with E-state index >= 15 is 0 Å². The van der Waals surface area contributed by atoms with Gasteiger partial charge in [-0.15, -0.1) is 0 Å². The van der Waals surface area contributed by atoms with Gasteiger partial charge in [-0.25, -0.2) is 0 Å². The van der Waals surface area contributed by atoms with Crippen LogP contribution in [0.3, 0.4) is 0 Å². The van der Waals surface area contributed by atoms with Gasteiger partial charge in [-0.1, -0.05) is 0 Å². The van der Waals surface area contributed by atoms with Crippen LogP contribution >= 0.6 is 0 Å². The van der Waals surface area contributed by atoms with Crippen LogP contribution in [0.15, 0.2) is 216 Å². The maximum absolute atomic E-state index is 2.65. The summed E-state index contributed by atoms with van der Waals surface area (Å²) in [5.41, 5.74) is 29.8. The quantitative estimate of drug-likeness (QED) is 0.120. The standard InChI is InChI=1S/4C16H13.2C2H7Si.2ClH.2Zr/c4*1-12-10-14-8-5-9-15(16(14)11-12)13-6-3-2-4-7-13;2*1-3-2;;;;/h4*2-11H,1H3;2*3H,1-2H3;2*1H;;/q;;;;;;;;2*+1/p-2. The molecule has 4 unspecified atom stereocenters. The van der Waals surface area contributed by atoms with E-state index in [4.69, 9.17) is 0 Å². The van der Waals surface area contributed by atoms with Crippen molar-refractivity contribution in [1.29, 1.82) is 0 Å². The van der Waals surface area contributed by atoms with Crippen molar-refractivity contribution in [2.45, 2.75) is 68.4 Å². The van der Waals surface area contributed by atoms with Gasteiger partial charge in [0.15, 0.2) is 0 Å². The van der Waals surface area contributed by atoms with Crippen molar-refractivity contribution in [3.8, 4) is 44.5 Å². The first-order valence-corrected chi connectivity index (χ1v) is 46.2. The summed E-state index contributed by atoms with van der Waals surface area (Å²) in [6.07, 6.45) is 10.1. The third kappa shape index (κ3) is 10.1. The normalized spacial score (nSPS) is 17.5. The van der Waals surface area contributed by atoms with E-state index < -0.39 is 53.7 Å². The Hall–Kier alpha value is -4.50. The SMILES string of the molecule is CC1=Cc2c(-c3ccccc3)cccc2[CH]1[Zr+]([CH]1C(C)=Cc2c(-c3ccccc3)cccc21)[SiH](C)C.CC1=Cc2c(-c3ccccc3)cccc2[CH]1[Zr+]([CH]1C(C)=Cc2c(-c3ccccc3)cccc21)[SiH](C)C.[Cl-].[Cl-]. The minimum atomic E-state index is -2.00. The average molecular weight is 1190 g/mol. The first-order valence-electron chi connectivity index (χ1n) is 26.3. The van der Waals surface area contributed by atoms with E-state index in [0.29, 0.717) is 14.5 Å². The second-order valence-electron chi connectivity index (χ2n) is 21.3. The zero-order valence-corrected chi connectivity index (χ0v) is 52.7. The van der Waals surface area contributed by atoms with Gasteiger partial charge in [0.05, 0.1) is 0 Å². The van der Waals surface area contributed by atoms with Crippen LogP contribution < -0.4 is 24.8 Å². The predicted octanol–water partition coefficient (Wildman–Crippen LogP) is 12.5. The molecule has 0 saturated heterocycles. The Labute approximate surface area is 471 Å². The number of hydrogen-bond donors (Lipinski definition) is 0. The smallest absolute Gasteiger partial charge is 1.00 e. The predicted molar refractivity (Wildman–Crippen MR) is 311 cm³/mol. The molecule has 0 aliphatic heterocycles. The Balaban J connectivity index is 0.000000177.